The lowest BCUT2D eigenvalue weighted by Crippen LogP contribution is -2.49. The van der Waals surface area contributed by atoms with E-state index in [4.69, 9.17) is 10.2 Å². The zero-order valence-corrected chi connectivity index (χ0v) is 25.2. The summed E-state index contributed by atoms with van der Waals surface area (Å²) < 4.78 is 44.0. The number of aromatic carboxylic acids is 1. The Morgan fingerprint density at radius 3 is 2.14 bits per heavy atom. The van der Waals surface area contributed by atoms with Gasteiger partial charge in [-0.1, -0.05) is 13.8 Å². The van der Waals surface area contributed by atoms with Crippen molar-refractivity contribution in [1.29, 1.82) is 0 Å². The number of rotatable bonds is 12. The third-order valence-corrected chi connectivity index (χ3v) is 7.60. The molecule has 1 fully saturated rings. The zero-order chi connectivity index (χ0) is 32.4. The number of carboxylic acid groups (broad SMARTS) is 1. The van der Waals surface area contributed by atoms with Crippen molar-refractivity contribution in [3.63, 3.8) is 0 Å². The lowest BCUT2D eigenvalue weighted by atomic mass is 10.1. The van der Waals surface area contributed by atoms with Crippen LogP contribution in [0.1, 0.15) is 44.0 Å². The topological polar surface area (TPSA) is 139 Å². The van der Waals surface area contributed by atoms with E-state index in [9.17, 15) is 27.9 Å². The first kappa shape index (κ1) is 35.0. The van der Waals surface area contributed by atoms with Gasteiger partial charge in [-0.2, -0.15) is 0 Å². The maximum atomic E-state index is 14.9. The van der Waals surface area contributed by atoms with E-state index in [1.807, 2.05) is 20.8 Å². The van der Waals surface area contributed by atoms with E-state index in [0.717, 1.165) is 54.9 Å². The van der Waals surface area contributed by atoms with Gasteiger partial charge >= 0.3 is 5.97 Å². The van der Waals surface area contributed by atoms with Crippen LogP contribution in [0.2, 0.25) is 0 Å². The number of carboxylic acids is 1. The molecule has 3 aromatic rings. The number of nitrogens with zero attached hydrogens (tertiary/aromatic N) is 2. The second kappa shape index (κ2) is 16.5. The molecule has 0 spiro atoms. The quantitative estimate of drug-likeness (QED) is 0.169. The van der Waals surface area contributed by atoms with Crippen LogP contribution in [0.25, 0.3) is 16.6 Å². The summed E-state index contributed by atoms with van der Waals surface area (Å²) in [6.07, 6.45) is 2.85. The molecule has 3 atom stereocenters. The molecule has 1 saturated heterocycles. The van der Waals surface area contributed by atoms with Gasteiger partial charge in [0.15, 0.2) is 0 Å². The largest absolute Gasteiger partial charge is 0.477 e. The first-order valence-electron chi connectivity index (χ1n) is 14.8. The van der Waals surface area contributed by atoms with Gasteiger partial charge in [0.25, 0.3) is 0 Å². The number of nitrogens with one attached hydrogen (secondary N) is 3. The number of anilines is 1. The Bertz CT molecular complexity index is 1450. The molecule has 0 bridgehead atoms. The average molecular weight is 622 g/mol. The minimum Gasteiger partial charge on any atom is -0.477 e. The van der Waals surface area contributed by atoms with Crippen molar-refractivity contribution in [2.24, 2.45) is 0 Å². The van der Waals surface area contributed by atoms with Crippen LogP contribution < -0.4 is 26.3 Å². The molecule has 2 aromatic carbocycles. The van der Waals surface area contributed by atoms with E-state index in [1.165, 1.54) is 6.07 Å². The van der Waals surface area contributed by atoms with E-state index in [-0.39, 0.29) is 53.6 Å². The van der Waals surface area contributed by atoms with E-state index < -0.39 is 34.4 Å². The van der Waals surface area contributed by atoms with Gasteiger partial charge in [0.2, 0.25) is 5.43 Å². The molecule has 13 heteroatoms. The first-order valence-corrected chi connectivity index (χ1v) is 14.8. The van der Waals surface area contributed by atoms with Crippen LogP contribution in [0.5, 0.6) is 0 Å². The Kier molecular flexibility index (Phi) is 13.2. The Balaban J connectivity index is 0.000000321. The normalized spacial score (nSPS) is 16.4. The molecule has 10 nitrogen and oxygen atoms in total. The van der Waals surface area contributed by atoms with Crippen LogP contribution in [0.15, 0.2) is 41.3 Å². The monoisotopic (exact) mass is 621 g/mol. The number of fused-ring (bicyclic) bond motifs is 1. The number of hydrogen-bond donors (Lipinski definition) is 6. The third-order valence-electron chi connectivity index (χ3n) is 7.60. The maximum absolute atomic E-state index is 14.9. The Morgan fingerprint density at radius 2 is 1.61 bits per heavy atom. The van der Waals surface area contributed by atoms with E-state index in [1.54, 1.807) is 4.90 Å². The van der Waals surface area contributed by atoms with E-state index in [0.29, 0.717) is 25.7 Å². The lowest BCUT2D eigenvalue weighted by molar-refractivity contribution is 0.0695. The van der Waals surface area contributed by atoms with Crippen LogP contribution in [-0.2, 0) is 0 Å². The van der Waals surface area contributed by atoms with Gasteiger partial charge in [-0.05, 0) is 44.0 Å². The van der Waals surface area contributed by atoms with Crippen molar-refractivity contribution >= 4 is 22.6 Å². The van der Waals surface area contributed by atoms with Crippen LogP contribution in [-0.4, -0.2) is 89.9 Å². The molecular weight excluding hydrogens is 579 g/mol. The molecule has 6 N–H and O–H groups in total. The average Bonchev–Trinajstić information content (AvgIpc) is 3.00. The molecule has 44 heavy (non-hydrogen) atoms. The predicted octanol–water partition coefficient (Wildman–Crippen LogP) is 2.61. The SMILES string of the molecule is CC1CN(c2cc3c(cc2F)c(=O)c(C(=O)O)cn3-c2ccc(F)cc2F)CCN1.CC[C@@H](CO)NCCN[C@@H](CC)CO. The summed E-state index contributed by atoms with van der Waals surface area (Å²) in [6, 6.07) is 5.70. The minimum absolute atomic E-state index is 0.111. The van der Waals surface area contributed by atoms with Crippen molar-refractivity contribution in [2.75, 3.05) is 50.8 Å². The number of halogens is 3. The molecule has 1 aliphatic rings. The highest BCUT2D eigenvalue weighted by molar-refractivity contribution is 5.94. The second-order valence-electron chi connectivity index (χ2n) is 10.7. The smallest absolute Gasteiger partial charge is 0.341 e. The summed E-state index contributed by atoms with van der Waals surface area (Å²) in [4.78, 5) is 26.0. The molecule has 0 amide bonds. The predicted molar refractivity (Wildman–Crippen MR) is 164 cm³/mol. The maximum Gasteiger partial charge on any atom is 0.341 e. The molecule has 4 rings (SSSR count). The molecule has 2 heterocycles. The van der Waals surface area contributed by atoms with Gasteiger partial charge in [-0.15, -0.1) is 0 Å². The van der Waals surface area contributed by atoms with Crippen LogP contribution in [0.4, 0.5) is 18.9 Å². The number of aromatic nitrogens is 1. The number of aliphatic hydroxyl groups is 2. The molecule has 0 radical (unpaired) electrons. The van der Waals surface area contributed by atoms with Crippen molar-refractivity contribution in [1.82, 2.24) is 20.5 Å². The van der Waals surface area contributed by atoms with Gasteiger partial charge in [0.05, 0.1) is 30.1 Å². The first-order chi connectivity index (χ1) is 21.0. The molecular formula is C31H42F3N5O5. The Labute approximate surface area is 254 Å². The van der Waals surface area contributed by atoms with E-state index >= 15 is 0 Å². The lowest BCUT2D eigenvalue weighted by Gasteiger charge is -2.34. The van der Waals surface area contributed by atoms with Crippen molar-refractivity contribution < 1.29 is 33.3 Å². The third kappa shape index (κ3) is 8.79. The summed E-state index contributed by atoms with van der Waals surface area (Å²) in [5.41, 5.74) is -1.34. The van der Waals surface area contributed by atoms with Crippen molar-refractivity contribution in [2.45, 2.75) is 51.7 Å². The number of hydrogen-bond acceptors (Lipinski definition) is 8. The number of benzene rings is 2. The summed E-state index contributed by atoms with van der Waals surface area (Å²) in [5, 5.41) is 36.7. The minimum atomic E-state index is -1.53. The van der Waals surface area contributed by atoms with Gasteiger partial charge in [0, 0.05) is 68.5 Å². The second-order valence-corrected chi connectivity index (χ2v) is 10.7. The molecule has 242 valence electrons. The highest BCUT2D eigenvalue weighted by Crippen LogP contribution is 2.28. The van der Waals surface area contributed by atoms with Crippen LogP contribution in [0, 0.1) is 17.5 Å². The Morgan fingerprint density at radius 1 is 1.00 bits per heavy atom. The fourth-order valence-corrected chi connectivity index (χ4v) is 4.98. The molecule has 1 aromatic heterocycles. The van der Waals surface area contributed by atoms with Crippen LogP contribution in [0.3, 0.4) is 0 Å². The molecule has 0 aliphatic carbocycles. The summed E-state index contributed by atoms with van der Waals surface area (Å²) in [7, 11) is 0. The standard InChI is InChI=1S/C21H18F3N3O3.C10H24N2O2/c1-11-9-26(5-4-25-11)19-8-18-13(7-16(19)24)20(28)14(21(29)30)10-27(18)17-3-2-12(22)6-15(17)23;1-3-9(7-13)11-5-6-12-10(4-2)8-14/h2-3,6-8,10-11,25H,4-5,9H2,1H3,(H,29,30);9-14H,3-8H2,1-2H3/t;9-,10-/m.0/s1. The Hall–Kier alpha value is -3.49. The van der Waals surface area contributed by atoms with E-state index in [2.05, 4.69) is 16.0 Å². The highest BCUT2D eigenvalue weighted by atomic mass is 19.1. The fourth-order valence-electron chi connectivity index (χ4n) is 4.98. The number of carbonyl (C=O) groups is 1. The highest BCUT2D eigenvalue weighted by Gasteiger charge is 2.23. The number of pyridine rings is 1. The van der Waals surface area contributed by atoms with Gasteiger partial charge < -0.3 is 40.7 Å². The number of piperazine rings is 1. The van der Waals surface area contributed by atoms with Gasteiger partial charge in [-0.3, -0.25) is 4.79 Å². The fraction of sp³-hybridized carbons (Fsp3) is 0.484. The molecule has 0 saturated carbocycles. The summed E-state index contributed by atoms with van der Waals surface area (Å²) in [5.74, 6) is -3.96. The zero-order valence-electron chi connectivity index (χ0n) is 25.2. The summed E-state index contributed by atoms with van der Waals surface area (Å²) >= 11 is 0. The van der Waals surface area contributed by atoms with Crippen molar-refractivity contribution in [3.05, 3.63) is 69.8 Å². The van der Waals surface area contributed by atoms with Gasteiger partial charge in [0.1, 0.15) is 23.0 Å². The van der Waals surface area contributed by atoms with Crippen molar-refractivity contribution in [3.8, 4) is 5.69 Å². The molecule has 1 unspecified atom stereocenters. The number of aliphatic hydroxyl groups excluding tert-OH is 2. The van der Waals surface area contributed by atoms with Crippen LogP contribution >= 0.6 is 0 Å². The van der Waals surface area contributed by atoms with Gasteiger partial charge in [-0.25, -0.2) is 18.0 Å². The summed E-state index contributed by atoms with van der Waals surface area (Å²) in [6.45, 7) is 9.75. The molecule has 1 aliphatic heterocycles.